The number of amides is 2. The molecule has 1 fully saturated rings. The van der Waals surface area contributed by atoms with Gasteiger partial charge in [0.25, 0.3) is 0 Å². The lowest BCUT2D eigenvalue weighted by atomic mass is 10.1. The Hall–Kier alpha value is -2.27. The number of nitrogens with one attached hydrogen (secondary N) is 1. The molecule has 1 aromatic heterocycles. The number of aromatic nitrogens is 1. The maximum absolute atomic E-state index is 12.8. The van der Waals surface area contributed by atoms with E-state index < -0.39 is 0 Å². The maximum Gasteiger partial charge on any atom is 0.322 e. The Kier molecular flexibility index (Phi) is 5.76. The van der Waals surface area contributed by atoms with E-state index in [1.165, 1.54) is 0 Å². The van der Waals surface area contributed by atoms with Crippen LogP contribution in [0.3, 0.4) is 0 Å². The molecule has 2 aromatic rings. The van der Waals surface area contributed by atoms with Gasteiger partial charge in [0, 0.05) is 24.0 Å². The van der Waals surface area contributed by atoms with Crippen LogP contribution in [0.25, 0.3) is 0 Å². The molecule has 1 atom stereocenters. The topological polar surface area (TPSA) is 54.5 Å². The summed E-state index contributed by atoms with van der Waals surface area (Å²) in [4.78, 5) is 18.8. The highest BCUT2D eigenvalue weighted by Crippen LogP contribution is 2.34. The zero-order valence-corrected chi connectivity index (χ0v) is 15.0. The molecular weight excluding hydrogens is 338 g/mol. The van der Waals surface area contributed by atoms with Crippen LogP contribution in [-0.4, -0.2) is 29.1 Å². The summed E-state index contributed by atoms with van der Waals surface area (Å²) in [6.45, 7) is 3.36. The van der Waals surface area contributed by atoms with Gasteiger partial charge in [-0.1, -0.05) is 18.5 Å². The highest BCUT2D eigenvalue weighted by Gasteiger charge is 2.30. The van der Waals surface area contributed by atoms with Crippen LogP contribution in [0.15, 0.2) is 42.7 Å². The van der Waals surface area contributed by atoms with Crippen molar-refractivity contribution in [3.63, 3.8) is 0 Å². The Bertz CT molecular complexity index is 724. The first-order valence-electron chi connectivity index (χ1n) is 8.59. The molecule has 0 radical (unpaired) electrons. The average molecular weight is 360 g/mol. The molecule has 5 nitrogen and oxygen atoms in total. The minimum atomic E-state index is -0.136. The van der Waals surface area contributed by atoms with E-state index >= 15 is 0 Å². The third-order valence-corrected chi connectivity index (χ3v) is 4.48. The molecule has 1 aliphatic rings. The molecular formula is C19H22ClN3O2. The van der Waals surface area contributed by atoms with Gasteiger partial charge in [-0.15, -0.1) is 0 Å². The Morgan fingerprint density at radius 3 is 2.92 bits per heavy atom. The summed E-state index contributed by atoms with van der Waals surface area (Å²) in [5, 5.41) is 3.53. The molecule has 1 aliphatic heterocycles. The van der Waals surface area contributed by atoms with E-state index in [0.717, 1.165) is 31.4 Å². The van der Waals surface area contributed by atoms with Crippen molar-refractivity contribution >= 4 is 23.3 Å². The summed E-state index contributed by atoms with van der Waals surface area (Å²) in [6, 6.07) is 9.14. The third-order valence-electron chi connectivity index (χ3n) is 4.25. The number of rotatable bonds is 5. The Morgan fingerprint density at radius 1 is 1.36 bits per heavy atom. The van der Waals surface area contributed by atoms with Crippen LogP contribution in [0.4, 0.5) is 10.5 Å². The van der Waals surface area contributed by atoms with Gasteiger partial charge in [0.1, 0.15) is 5.75 Å². The molecule has 0 spiro atoms. The zero-order chi connectivity index (χ0) is 17.6. The van der Waals surface area contributed by atoms with E-state index in [2.05, 4.69) is 10.3 Å². The fourth-order valence-electron chi connectivity index (χ4n) is 3.07. The normalized spacial score (nSPS) is 16.7. The Morgan fingerprint density at radius 2 is 2.16 bits per heavy atom. The quantitative estimate of drug-likeness (QED) is 0.826. The van der Waals surface area contributed by atoms with Crippen molar-refractivity contribution in [2.24, 2.45) is 0 Å². The van der Waals surface area contributed by atoms with Gasteiger partial charge in [0.15, 0.2) is 0 Å². The molecule has 1 saturated heterocycles. The zero-order valence-electron chi connectivity index (χ0n) is 14.2. The molecule has 3 rings (SSSR count). The fourth-order valence-corrected chi connectivity index (χ4v) is 3.24. The predicted octanol–water partition coefficient (Wildman–Crippen LogP) is 4.89. The van der Waals surface area contributed by atoms with Crippen molar-refractivity contribution in [2.75, 3.05) is 18.5 Å². The molecule has 1 aromatic carbocycles. The van der Waals surface area contributed by atoms with Crippen molar-refractivity contribution < 1.29 is 9.53 Å². The molecule has 0 saturated carbocycles. The van der Waals surface area contributed by atoms with Crippen LogP contribution >= 0.6 is 11.6 Å². The molecule has 2 amide bonds. The monoisotopic (exact) mass is 359 g/mol. The second-order valence-corrected chi connectivity index (χ2v) is 6.49. The van der Waals surface area contributed by atoms with Gasteiger partial charge >= 0.3 is 6.03 Å². The van der Waals surface area contributed by atoms with E-state index in [4.69, 9.17) is 16.3 Å². The largest absolute Gasteiger partial charge is 0.491 e. The highest BCUT2D eigenvalue weighted by atomic mass is 35.5. The summed E-state index contributed by atoms with van der Waals surface area (Å²) in [6.07, 6.45) is 6.35. The lowest BCUT2D eigenvalue weighted by Gasteiger charge is -2.25. The van der Waals surface area contributed by atoms with Crippen LogP contribution in [0, 0.1) is 0 Å². The molecule has 2 heterocycles. The summed E-state index contributed by atoms with van der Waals surface area (Å²) in [5.41, 5.74) is 1.71. The van der Waals surface area contributed by atoms with Crippen molar-refractivity contribution in [3.05, 3.63) is 53.3 Å². The number of benzene rings is 1. The van der Waals surface area contributed by atoms with E-state index in [0.29, 0.717) is 23.1 Å². The van der Waals surface area contributed by atoms with E-state index in [1.807, 2.05) is 24.0 Å². The predicted molar refractivity (Wildman–Crippen MR) is 99.2 cm³/mol. The molecule has 132 valence electrons. The Labute approximate surface area is 153 Å². The van der Waals surface area contributed by atoms with Crippen LogP contribution in [0.2, 0.25) is 5.02 Å². The van der Waals surface area contributed by atoms with Crippen LogP contribution in [0.5, 0.6) is 5.75 Å². The number of nitrogens with zero attached hydrogens (tertiary/aromatic N) is 2. The van der Waals surface area contributed by atoms with E-state index in [1.54, 1.807) is 30.6 Å². The number of likely N-dealkylation sites (tertiary alicyclic amines) is 1. The molecule has 1 N–H and O–H groups in total. The summed E-state index contributed by atoms with van der Waals surface area (Å²) in [7, 11) is 0. The smallest absolute Gasteiger partial charge is 0.322 e. The standard InChI is InChI=1S/C19H22ClN3O2/c1-2-12-25-18-6-5-15(20)13-16(18)22-19(24)23-11-3-4-17(23)14-7-9-21-10-8-14/h5-10,13,17H,2-4,11-12H2,1H3,(H,22,24). The lowest BCUT2D eigenvalue weighted by Crippen LogP contribution is -2.34. The lowest BCUT2D eigenvalue weighted by molar-refractivity contribution is 0.207. The summed E-state index contributed by atoms with van der Waals surface area (Å²) < 4.78 is 5.72. The van der Waals surface area contributed by atoms with Crippen molar-refractivity contribution in [2.45, 2.75) is 32.2 Å². The second kappa shape index (κ2) is 8.21. The maximum atomic E-state index is 12.8. The number of hydrogen-bond donors (Lipinski definition) is 1. The molecule has 6 heteroatoms. The molecule has 25 heavy (non-hydrogen) atoms. The van der Waals surface area contributed by atoms with Gasteiger partial charge < -0.3 is 15.0 Å². The first-order chi connectivity index (χ1) is 12.2. The third kappa shape index (κ3) is 4.23. The first-order valence-corrected chi connectivity index (χ1v) is 8.96. The minimum Gasteiger partial charge on any atom is -0.491 e. The summed E-state index contributed by atoms with van der Waals surface area (Å²) >= 11 is 6.09. The first kappa shape index (κ1) is 17.5. The summed E-state index contributed by atoms with van der Waals surface area (Å²) in [5.74, 6) is 0.638. The molecule has 0 aliphatic carbocycles. The molecule has 1 unspecified atom stereocenters. The van der Waals surface area contributed by atoms with Crippen LogP contribution < -0.4 is 10.1 Å². The molecule has 0 bridgehead atoms. The second-order valence-electron chi connectivity index (χ2n) is 6.05. The van der Waals surface area contributed by atoms with Gasteiger partial charge in [0.2, 0.25) is 0 Å². The highest BCUT2D eigenvalue weighted by molar-refractivity contribution is 6.31. The van der Waals surface area contributed by atoms with E-state index in [9.17, 15) is 4.79 Å². The number of ether oxygens (including phenoxy) is 1. The fraction of sp³-hybridized carbons (Fsp3) is 0.368. The number of carbonyl (C=O) groups is 1. The van der Waals surface area contributed by atoms with Gasteiger partial charge in [-0.05, 0) is 55.2 Å². The van der Waals surface area contributed by atoms with Crippen molar-refractivity contribution in [1.29, 1.82) is 0 Å². The van der Waals surface area contributed by atoms with Crippen molar-refractivity contribution in [3.8, 4) is 5.75 Å². The number of pyridine rings is 1. The van der Waals surface area contributed by atoms with Gasteiger partial charge in [-0.3, -0.25) is 4.98 Å². The van der Waals surface area contributed by atoms with Crippen molar-refractivity contribution in [1.82, 2.24) is 9.88 Å². The van der Waals surface area contributed by atoms with Crippen LogP contribution in [-0.2, 0) is 0 Å². The number of halogens is 1. The minimum absolute atomic E-state index is 0.0715. The van der Waals surface area contributed by atoms with Crippen LogP contribution in [0.1, 0.15) is 37.8 Å². The van der Waals surface area contributed by atoms with Gasteiger partial charge in [-0.2, -0.15) is 0 Å². The Balaban J connectivity index is 1.76. The van der Waals surface area contributed by atoms with Gasteiger partial charge in [0.05, 0.1) is 18.3 Å². The number of urea groups is 1. The average Bonchev–Trinajstić information content (AvgIpc) is 3.12. The van der Waals surface area contributed by atoms with Gasteiger partial charge in [-0.25, -0.2) is 4.79 Å². The van der Waals surface area contributed by atoms with E-state index in [-0.39, 0.29) is 12.1 Å². The number of hydrogen-bond acceptors (Lipinski definition) is 3. The number of anilines is 1. The number of carbonyl (C=O) groups excluding carboxylic acids is 1. The SMILES string of the molecule is CCCOc1ccc(Cl)cc1NC(=O)N1CCCC1c1ccncc1.